The van der Waals surface area contributed by atoms with Crippen molar-refractivity contribution >= 4 is 25.2 Å². The number of aliphatic hydroxyl groups is 1. The molecule has 1 aromatic carbocycles. The second-order valence-corrected chi connectivity index (χ2v) is 18.3. The normalized spacial score (nSPS) is 21.3. The fraction of sp³-hybridized carbons (Fsp3) is 0.531. The zero-order chi connectivity index (χ0) is 30.4. The molecule has 0 bridgehead atoms. The molecule has 0 spiro atoms. The van der Waals surface area contributed by atoms with Gasteiger partial charge in [-0.2, -0.15) is 0 Å². The second kappa shape index (κ2) is 9.80. The van der Waals surface area contributed by atoms with Crippen LogP contribution in [-0.4, -0.2) is 42.1 Å². The zero-order valence-electron chi connectivity index (χ0n) is 25.5. The molecule has 8 nitrogen and oxygen atoms in total. The molecule has 0 unspecified atom stereocenters. The summed E-state index contributed by atoms with van der Waals surface area (Å²) in [5, 5.41) is 16.0. The minimum Gasteiger partial charge on any atom is -0.458 e. The topological polar surface area (TPSA) is 103 Å². The Morgan fingerprint density at radius 3 is 2.67 bits per heavy atom. The molecule has 2 atom stereocenters. The van der Waals surface area contributed by atoms with Crippen LogP contribution in [0.15, 0.2) is 16.9 Å². The van der Waals surface area contributed by atoms with Crippen molar-refractivity contribution < 1.29 is 23.5 Å². The Bertz CT molecular complexity index is 1710. The highest BCUT2D eigenvalue weighted by Gasteiger charge is 2.46. The molecule has 4 heterocycles. The number of hydrogen-bond donors (Lipinski definition) is 2. The van der Waals surface area contributed by atoms with E-state index in [0.717, 1.165) is 34.9 Å². The third kappa shape index (κ3) is 4.21. The molecule has 224 valence electrons. The van der Waals surface area contributed by atoms with Crippen LogP contribution in [0.4, 0.5) is 4.39 Å². The van der Waals surface area contributed by atoms with Gasteiger partial charge >= 0.3 is 5.97 Å². The molecule has 2 aliphatic heterocycles. The molecule has 1 aliphatic carbocycles. The summed E-state index contributed by atoms with van der Waals surface area (Å²) in [5.74, 6) is -1.05. The summed E-state index contributed by atoms with van der Waals surface area (Å²) in [6.07, 6.45) is 1.57. The molecule has 42 heavy (non-hydrogen) atoms. The predicted molar refractivity (Wildman–Crippen MR) is 161 cm³/mol. The van der Waals surface area contributed by atoms with Gasteiger partial charge in [-0.05, 0) is 67.1 Å². The Balaban J connectivity index is 1.46. The van der Waals surface area contributed by atoms with E-state index in [1.807, 2.05) is 6.92 Å². The fourth-order valence-electron chi connectivity index (χ4n) is 6.51. The van der Waals surface area contributed by atoms with Crippen LogP contribution in [0.2, 0.25) is 18.1 Å². The number of carbonyl (C=O) groups is 1. The number of cyclic esters (lactones) is 1. The van der Waals surface area contributed by atoms with Gasteiger partial charge in [0.15, 0.2) is 13.9 Å². The van der Waals surface area contributed by atoms with E-state index in [0.29, 0.717) is 42.2 Å². The van der Waals surface area contributed by atoms with Crippen LogP contribution in [-0.2, 0) is 39.1 Å². The minimum atomic E-state index is -1.90. The number of ether oxygens (including phenoxy) is 1. The smallest absolute Gasteiger partial charge is 0.343 e. The maximum atomic E-state index is 15.1. The lowest BCUT2D eigenvalue weighted by molar-refractivity contribution is -0.172. The number of hydrogen-bond acceptors (Lipinski definition) is 7. The van der Waals surface area contributed by atoms with Gasteiger partial charge in [-0.1, -0.05) is 27.7 Å². The van der Waals surface area contributed by atoms with Gasteiger partial charge in [-0.3, -0.25) is 4.79 Å². The molecule has 3 aromatic rings. The third-order valence-corrected chi connectivity index (χ3v) is 14.7. The average Bonchev–Trinajstić information content (AvgIpc) is 3.30. The number of aryl methyl sites for hydroxylation is 1. The molecule has 0 saturated heterocycles. The van der Waals surface area contributed by atoms with E-state index in [1.165, 1.54) is 6.07 Å². The van der Waals surface area contributed by atoms with Crippen LogP contribution < -0.4 is 10.9 Å². The van der Waals surface area contributed by atoms with Crippen LogP contribution in [0.5, 0.6) is 0 Å². The summed E-state index contributed by atoms with van der Waals surface area (Å²) in [7, 11) is -1.90. The number of halogens is 1. The van der Waals surface area contributed by atoms with Gasteiger partial charge in [0, 0.05) is 41.8 Å². The fourth-order valence-corrected chi connectivity index (χ4v) is 7.56. The van der Waals surface area contributed by atoms with E-state index in [-0.39, 0.29) is 46.6 Å². The predicted octanol–water partition coefficient (Wildman–Crippen LogP) is 5.13. The minimum absolute atomic E-state index is 0.0262. The SMILES string of the molecule is CC[C@@]1(O)C(=O)OCc2c1cc1n(c2=O)Cc2c-1nc1cc(F)c(C)c3c1c2[C@@H](NCCO[Si](C)(C)C(C)(C)C)CC3. The van der Waals surface area contributed by atoms with Crippen LogP contribution in [0.1, 0.15) is 80.0 Å². The Hall–Kier alpha value is -2.92. The van der Waals surface area contributed by atoms with Crippen LogP contribution in [0.25, 0.3) is 22.3 Å². The molecule has 0 fully saturated rings. The quantitative estimate of drug-likeness (QED) is 0.182. The summed E-state index contributed by atoms with van der Waals surface area (Å²) >= 11 is 0. The lowest BCUT2D eigenvalue weighted by Crippen LogP contribution is -2.44. The summed E-state index contributed by atoms with van der Waals surface area (Å²) in [6, 6.07) is 3.17. The van der Waals surface area contributed by atoms with Crippen molar-refractivity contribution in [2.45, 2.75) is 96.8 Å². The molecule has 10 heteroatoms. The summed E-state index contributed by atoms with van der Waals surface area (Å²) in [6.45, 7) is 16.0. The van der Waals surface area contributed by atoms with E-state index in [2.05, 4.69) is 39.2 Å². The summed E-state index contributed by atoms with van der Waals surface area (Å²) in [4.78, 5) is 31.3. The van der Waals surface area contributed by atoms with E-state index in [1.54, 1.807) is 17.6 Å². The van der Waals surface area contributed by atoms with Crippen molar-refractivity contribution in [2.24, 2.45) is 0 Å². The van der Waals surface area contributed by atoms with Gasteiger partial charge in [-0.25, -0.2) is 14.2 Å². The van der Waals surface area contributed by atoms with Gasteiger partial charge in [0.25, 0.3) is 5.56 Å². The van der Waals surface area contributed by atoms with Crippen LogP contribution in [0.3, 0.4) is 0 Å². The first kappa shape index (κ1) is 29.2. The van der Waals surface area contributed by atoms with Crippen molar-refractivity contribution in [3.63, 3.8) is 0 Å². The largest absolute Gasteiger partial charge is 0.458 e. The van der Waals surface area contributed by atoms with Crippen molar-refractivity contribution in [1.82, 2.24) is 14.9 Å². The zero-order valence-corrected chi connectivity index (χ0v) is 26.5. The van der Waals surface area contributed by atoms with Crippen LogP contribution >= 0.6 is 0 Å². The van der Waals surface area contributed by atoms with Crippen molar-refractivity contribution in [1.29, 1.82) is 0 Å². The van der Waals surface area contributed by atoms with E-state index >= 15 is 4.39 Å². The summed E-state index contributed by atoms with van der Waals surface area (Å²) < 4.78 is 28.4. The number of fused-ring (bicyclic) bond motifs is 5. The highest BCUT2D eigenvalue weighted by Crippen LogP contribution is 2.46. The lowest BCUT2D eigenvalue weighted by atomic mass is 9.81. The molecule has 2 N–H and O–H groups in total. The number of nitrogens with zero attached hydrogens (tertiary/aromatic N) is 2. The maximum absolute atomic E-state index is 15.1. The Kier molecular flexibility index (Phi) is 6.81. The van der Waals surface area contributed by atoms with Crippen molar-refractivity contribution in [2.75, 3.05) is 13.2 Å². The molecular formula is C32H40FN3O5Si. The van der Waals surface area contributed by atoms with Gasteiger partial charge in [-0.15, -0.1) is 0 Å². The van der Waals surface area contributed by atoms with Crippen LogP contribution in [0, 0.1) is 12.7 Å². The molecule has 3 aliphatic rings. The number of pyridine rings is 2. The average molecular weight is 594 g/mol. The van der Waals surface area contributed by atoms with Crippen molar-refractivity contribution in [3.8, 4) is 11.4 Å². The molecule has 0 amide bonds. The number of rotatable bonds is 6. The van der Waals surface area contributed by atoms with Gasteiger partial charge in [0.2, 0.25) is 0 Å². The first-order chi connectivity index (χ1) is 19.7. The molecule has 6 rings (SSSR count). The number of aromatic nitrogens is 2. The second-order valence-electron chi connectivity index (χ2n) is 13.5. The number of esters is 1. The lowest BCUT2D eigenvalue weighted by Gasteiger charge is -2.36. The van der Waals surface area contributed by atoms with E-state index in [4.69, 9.17) is 14.1 Å². The monoisotopic (exact) mass is 593 g/mol. The Labute approximate surface area is 246 Å². The molecule has 2 aromatic heterocycles. The Morgan fingerprint density at radius 1 is 1.24 bits per heavy atom. The Morgan fingerprint density at radius 2 is 1.98 bits per heavy atom. The van der Waals surface area contributed by atoms with Gasteiger partial charge < -0.3 is 24.2 Å². The van der Waals surface area contributed by atoms with Gasteiger partial charge in [0.05, 0.1) is 29.0 Å². The third-order valence-electron chi connectivity index (χ3n) is 10.1. The standard InChI is InChI=1S/C32H40FN3O5Si/c1-8-32(39)21-13-25-28-19(15-36(25)29(37)20(21)16-40-30(32)38)27-23(34-11-12-41-42(6,7)31(3,4)5)10-9-18-17(2)22(33)14-24(35-28)26(18)27/h13-14,23,34,39H,8-12,15-16H2,1-7H3/t23-,32-/m0/s1. The molecule has 0 radical (unpaired) electrons. The number of carbonyl (C=O) groups excluding carboxylic acids is 1. The number of nitrogens with one attached hydrogen (secondary N) is 1. The van der Waals surface area contributed by atoms with E-state index in [9.17, 15) is 14.7 Å². The van der Waals surface area contributed by atoms with E-state index < -0.39 is 19.9 Å². The van der Waals surface area contributed by atoms with Gasteiger partial charge in [0.1, 0.15) is 12.4 Å². The highest BCUT2D eigenvalue weighted by molar-refractivity contribution is 6.74. The van der Waals surface area contributed by atoms with Crippen molar-refractivity contribution in [3.05, 3.63) is 61.7 Å². The highest BCUT2D eigenvalue weighted by atomic mass is 28.4. The molecular weight excluding hydrogens is 553 g/mol. The number of benzene rings is 1. The molecule has 0 saturated carbocycles. The summed E-state index contributed by atoms with van der Waals surface area (Å²) in [5.41, 5.74) is 3.59. The first-order valence-corrected chi connectivity index (χ1v) is 17.8. The first-order valence-electron chi connectivity index (χ1n) is 14.9. The maximum Gasteiger partial charge on any atom is 0.343 e.